The van der Waals surface area contributed by atoms with Gasteiger partial charge in [0.25, 0.3) is 5.91 Å². The van der Waals surface area contributed by atoms with Crippen LogP contribution >= 0.6 is 11.3 Å². The van der Waals surface area contributed by atoms with E-state index < -0.39 is 5.97 Å². The van der Waals surface area contributed by atoms with Gasteiger partial charge in [-0.1, -0.05) is 37.3 Å². The van der Waals surface area contributed by atoms with Crippen molar-refractivity contribution in [2.75, 3.05) is 13.1 Å². The van der Waals surface area contributed by atoms with Gasteiger partial charge in [0.05, 0.1) is 10.7 Å². The summed E-state index contributed by atoms with van der Waals surface area (Å²) in [5, 5.41) is 9.78. The number of rotatable bonds is 6. The summed E-state index contributed by atoms with van der Waals surface area (Å²) < 4.78 is 0. The van der Waals surface area contributed by atoms with E-state index in [-0.39, 0.29) is 12.5 Å². The summed E-state index contributed by atoms with van der Waals surface area (Å²) in [5.41, 5.74) is 1.49. The Morgan fingerprint density at radius 1 is 1.27 bits per heavy atom. The fourth-order valence-corrected chi connectivity index (χ4v) is 3.10. The van der Waals surface area contributed by atoms with Crippen molar-refractivity contribution in [2.45, 2.75) is 20.3 Å². The van der Waals surface area contributed by atoms with E-state index in [0.29, 0.717) is 23.5 Å². The first-order chi connectivity index (χ1) is 10.5. The van der Waals surface area contributed by atoms with Crippen LogP contribution in [0.3, 0.4) is 0 Å². The predicted octanol–water partition coefficient (Wildman–Crippen LogP) is 3.06. The Kier molecular flexibility index (Phi) is 5.27. The number of nitrogens with zero attached hydrogens (tertiary/aromatic N) is 2. The highest BCUT2D eigenvalue weighted by molar-refractivity contribution is 7.14. The molecule has 1 heterocycles. The standard InChI is InChI=1S/C16H18N2O3S/c1-3-9-18(10-13(19)20)16(21)15-14(17-11(2)22-15)12-7-5-4-6-8-12/h4-8H,3,9-10H2,1-2H3,(H,19,20). The first-order valence-corrected chi connectivity index (χ1v) is 7.88. The normalized spacial score (nSPS) is 10.5. The van der Waals surface area contributed by atoms with E-state index in [1.165, 1.54) is 16.2 Å². The maximum absolute atomic E-state index is 12.7. The van der Waals surface area contributed by atoms with Gasteiger partial charge in [-0.3, -0.25) is 9.59 Å². The van der Waals surface area contributed by atoms with Crippen LogP contribution in [0.15, 0.2) is 30.3 Å². The van der Waals surface area contributed by atoms with E-state index in [4.69, 9.17) is 5.11 Å². The molecule has 1 N–H and O–H groups in total. The lowest BCUT2D eigenvalue weighted by molar-refractivity contribution is -0.137. The topological polar surface area (TPSA) is 70.5 Å². The molecule has 1 aromatic heterocycles. The number of hydrogen-bond donors (Lipinski definition) is 1. The second-order valence-corrected chi connectivity index (χ2v) is 6.10. The van der Waals surface area contributed by atoms with Crippen molar-refractivity contribution in [3.05, 3.63) is 40.2 Å². The van der Waals surface area contributed by atoms with Crippen molar-refractivity contribution < 1.29 is 14.7 Å². The van der Waals surface area contributed by atoms with Crippen LogP contribution in [0.4, 0.5) is 0 Å². The molecule has 2 rings (SSSR count). The van der Waals surface area contributed by atoms with E-state index in [1.807, 2.05) is 44.2 Å². The lowest BCUT2D eigenvalue weighted by Gasteiger charge is -2.19. The number of carbonyl (C=O) groups excluding carboxylic acids is 1. The molecule has 0 aliphatic carbocycles. The van der Waals surface area contributed by atoms with Gasteiger partial charge in [-0.2, -0.15) is 0 Å². The van der Waals surface area contributed by atoms with Crippen LogP contribution in [0.2, 0.25) is 0 Å². The van der Waals surface area contributed by atoms with Gasteiger partial charge in [-0.05, 0) is 13.3 Å². The molecule has 1 amide bonds. The van der Waals surface area contributed by atoms with Gasteiger partial charge in [0, 0.05) is 12.1 Å². The van der Waals surface area contributed by atoms with Gasteiger partial charge in [0.2, 0.25) is 0 Å². The maximum Gasteiger partial charge on any atom is 0.323 e. The zero-order chi connectivity index (χ0) is 16.1. The smallest absolute Gasteiger partial charge is 0.323 e. The van der Waals surface area contributed by atoms with Crippen molar-refractivity contribution in [1.82, 2.24) is 9.88 Å². The van der Waals surface area contributed by atoms with Gasteiger partial charge >= 0.3 is 5.97 Å². The third-order valence-electron chi connectivity index (χ3n) is 3.08. The third-order valence-corrected chi connectivity index (χ3v) is 4.04. The number of benzene rings is 1. The second kappa shape index (κ2) is 7.17. The fourth-order valence-electron chi connectivity index (χ4n) is 2.19. The number of hydrogen-bond acceptors (Lipinski definition) is 4. The van der Waals surface area contributed by atoms with E-state index in [9.17, 15) is 9.59 Å². The molecule has 116 valence electrons. The van der Waals surface area contributed by atoms with E-state index >= 15 is 0 Å². The lowest BCUT2D eigenvalue weighted by atomic mass is 10.1. The monoisotopic (exact) mass is 318 g/mol. The average Bonchev–Trinajstić information content (AvgIpc) is 2.88. The molecule has 0 saturated heterocycles. The fraction of sp³-hybridized carbons (Fsp3) is 0.312. The molecule has 2 aromatic rings. The van der Waals surface area contributed by atoms with Gasteiger partial charge < -0.3 is 10.0 Å². The summed E-state index contributed by atoms with van der Waals surface area (Å²) in [6.07, 6.45) is 0.706. The molecule has 0 fully saturated rings. The van der Waals surface area contributed by atoms with E-state index in [1.54, 1.807) is 0 Å². The van der Waals surface area contributed by atoms with Crippen LogP contribution in [-0.4, -0.2) is 40.0 Å². The van der Waals surface area contributed by atoms with Gasteiger partial charge in [-0.15, -0.1) is 11.3 Å². The lowest BCUT2D eigenvalue weighted by Crippen LogP contribution is -2.36. The Bertz CT molecular complexity index is 667. The molecular formula is C16H18N2O3S. The van der Waals surface area contributed by atoms with Crippen molar-refractivity contribution in [1.29, 1.82) is 0 Å². The molecule has 0 aliphatic heterocycles. The van der Waals surface area contributed by atoms with Crippen LogP contribution < -0.4 is 0 Å². The van der Waals surface area contributed by atoms with Crippen LogP contribution in [0, 0.1) is 6.92 Å². The summed E-state index contributed by atoms with van der Waals surface area (Å²) in [4.78, 5) is 30.0. The molecular weight excluding hydrogens is 300 g/mol. The number of aryl methyl sites for hydroxylation is 1. The summed E-state index contributed by atoms with van der Waals surface area (Å²) in [7, 11) is 0. The average molecular weight is 318 g/mol. The molecule has 0 atom stereocenters. The zero-order valence-electron chi connectivity index (χ0n) is 12.6. The quantitative estimate of drug-likeness (QED) is 0.888. The Labute approximate surface area is 133 Å². The Morgan fingerprint density at radius 2 is 1.95 bits per heavy atom. The first kappa shape index (κ1) is 16.2. The molecule has 0 unspecified atom stereocenters. The third kappa shape index (κ3) is 3.71. The minimum atomic E-state index is -1.01. The largest absolute Gasteiger partial charge is 0.480 e. The predicted molar refractivity (Wildman–Crippen MR) is 86.1 cm³/mol. The van der Waals surface area contributed by atoms with Crippen molar-refractivity contribution >= 4 is 23.2 Å². The summed E-state index contributed by atoms with van der Waals surface area (Å²) in [6.45, 7) is 3.88. The number of carboxylic acid groups (broad SMARTS) is 1. The van der Waals surface area contributed by atoms with Crippen molar-refractivity contribution in [2.24, 2.45) is 0 Å². The van der Waals surface area contributed by atoms with Crippen molar-refractivity contribution in [3.63, 3.8) is 0 Å². The molecule has 0 radical (unpaired) electrons. The number of carbonyl (C=O) groups is 2. The Morgan fingerprint density at radius 3 is 2.55 bits per heavy atom. The second-order valence-electron chi connectivity index (χ2n) is 4.90. The molecule has 22 heavy (non-hydrogen) atoms. The van der Waals surface area contributed by atoms with Crippen molar-refractivity contribution in [3.8, 4) is 11.3 Å². The summed E-state index contributed by atoms with van der Waals surface area (Å²) in [5.74, 6) is -1.28. The molecule has 6 heteroatoms. The van der Waals surface area contributed by atoms with Gasteiger partial charge in [0.1, 0.15) is 11.4 Å². The number of amides is 1. The maximum atomic E-state index is 12.7. The molecule has 0 aliphatic rings. The molecule has 5 nitrogen and oxygen atoms in total. The number of aliphatic carboxylic acids is 1. The molecule has 0 saturated carbocycles. The van der Waals surface area contributed by atoms with Gasteiger partial charge in [0.15, 0.2) is 0 Å². The van der Waals surface area contributed by atoms with Crippen LogP contribution in [0.25, 0.3) is 11.3 Å². The molecule has 0 bridgehead atoms. The highest BCUT2D eigenvalue weighted by Crippen LogP contribution is 2.29. The highest BCUT2D eigenvalue weighted by Gasteiger charge is 2.24. The van der Waals surface area contributed by atoms with E-state index in [2.05, 4.69) is 4.98 Å². The molecule has 1 aromatic carbocycles. The first-order valence-electron chi connectivity index (χ1n) is 7.06. The molecule has 0 spiro atoms. The summed E-state index contributed by atoms with van der Waals surface area (Å²) in [6, 6.07) is 9.47. The van der Waals surface area contributed by atoms with Crippen LogP contribution in [-0.2, 0) is 4.79 Å². The minimum Gasteiger partial charge on any atom is -0.480 e. The number of carboxylic acids is 1. The Balaban J connectivity index is 2.39. The number of aromatic nitrogens is 1. The zero-order valence-corrected chi connectivity index (χ0v) is 13.4. The highest BCUT2D eigenvalue weighted by atomic mass is 32.1. The van der Waals surface area contributed by atoms with Crippen LogP contribution in [0.1, 0.15) is 28.0 Å². The number of thiazole rings is 1. The van der Waals surface area contributed by atoms with E-state index in [0.717, 1.165) is 10.6 Å². The SMILES string of the molecule is CCCN(CC(=O)O)C(=O)c1sc(C)nc1-c1ccccc1. The van der Waals surface area contributed by atoms with Crippen LogP contribution in [0.5, 0.6) is 0 Å². The minimum absolute atomic E-state index is 0.270. The van der Waals surface area contributed by atoms with Gasteiger partial charge in [-0.25, -0.2) is 4.98 Å². The summed E-state index contributed by atoms with van der Waals surface area (Å²) >= 11 is 1.30. The Hall–Kier alpha value is -2.21.